The average Bonchev–Trinajstić information content (AvgIpc) is 2.33. The second kappa shape index (κ2) is 3.51. The molecule has 0 amide bonds. The Morgan fingerprint density at radius 2 is 2.42 bits per heavy atom. The molecule has 5 nitrogen and oxygen atoms in total. The Morgan fingerprint density at radius 3 is 2.92 bits per heavy atom. The van der Waals surface area contributed by atoms with Crippen LogP contribution < -0.4 is 5.43 Å². The molecule has 0 spiro atoms. The number of carboxylic acid groups (broad SMARTS) is 1. The zero-order chi connectivity index (χ0) is 9.14. The minimum atomic E-state index is -1.01. The van der Waals surface area contributed by atoms with Gasteiger partial charge in [-0.05, 0) is 0 Å². The summed E-state index contributed by atoms with van der Waals surface area (Å²) in [6.07, 6.45) is 0. The number of hydrogen-bond donors (Lipinski definition) is 2. The maximum absolute atomic E-state index is 10.6. The molecule has 0 atom stereocenters. The highest BCUT2D eigenvalue weighted by atomic mass is 32.1. The second-order valence-electron chi connectivity index (χ2n) is 2.34. The molecule has 6 heteroatoms. The maximum Gasteiger partial charge on any atom is 0.357 e. The van der Waals surface area contributed by atoms with Crippen LogP contribution in [0.1, 0.15) is 10.5 Å². The van der Waals surface area contributed by atoms with Crippen LogP contribution in [0.3, 0.4) is 0 Å². The minimum Gasteiger partial charge on any atom is -0.476 e. The van der Waals surface area contributed by atoms with E-state index in [4.69, 9.17) is 5.11 Å². The van der Waals surface area contributed by atoms with Gasteiger partial charge in [-0.25, -0.2) is 14.8 Å². The molecule has 0 saturated heterocycles. The van der Waals surface area contributed by atoms with E-state index in [1.807, 2.05) is 0 Å². The largest absolute Gasteiger partial charge is 0.476 e. The van der Waals surface area contributed by atoms with Crippen LogP contribution in [0.15, 0.2) is 5.51 Å². The van der Waals surface area contributed by atoms with Gasteiger partial charge < -0.3 is 10.5 Å². The van der Waals surface area contributed by atoms with E-state index in [1.165, 1.54) is 16.8 Å². The highest BCUT2D eigenvalue weighted by molar-refractivity contribution is 7.14. The van der Waals surface area contributed by atoms with Crippen molar-refractivity contribution in [3.63, 3.8) is 0 Å². The SMILES string of the molecule is CN(C)Nc1scnc1C(=O)O. The highest BCUT2D eigenvalue weighted by Crippen LogP contribution is 2.19. The number of carbonyl (C=O) groups is 1. The van der Waals surface area contributed by atoms with Gasteiger partial charge in [-0.1, -0.05) is 0 Å². The molecular weight excluding hydrogens is 178 g/mol. The van der Waals surface area contributed by atoms with Gasteiger partial charge in [0.1, 0.15) is 5.00 Å². The summed E-state index contributed by atoms with van der Waals surface area (Å²) in [4.78, 5) is 14.2. The van der Waals surface area contributed by atoms with Crippen molar-refractivity contribution in [1.29, 1.82) is 0 Å². The van der Waals surface area contributed by atoms with E-state index in [0.717, 1.165) is 0 Å². The van der Waals surface area contributed by atoms with Gasteiger partial charge in [-0.2, -0.15) is 0 Å². The normalized spacial score (nSPS) is 10.2. The van der Waals surface area contributed by atoms with Gasteiger partial charge in [-0.15, -0.1) is 11.3 Å². The quantitative estimate of drug-likeness (QED) is 0.683. The molecular formula is C6H9N3O2S. The molecule has 1 aromatic heterocycles. The van der Waals surface area contributed by atoms with E-state index >= 15 is 0 Å². The summed E-state index contributed by atoms with van der Waals surface area (Å²) in [5, 5.41) is 10.9. The molecule has 2 N–H and O–H groups in total. The minimum absolute atomic E-state index is 0.0636. The Balaban J connectivity index is 2.84. The number of anilines is 1. The van der Waals surface area contributed by atoms with E-state index in [-0.39, 0.29) is 5.69 Å². The third-order valence-corrected chi connectivity index (χ3v) is 1.83. The summed E-state index contributed by atoms with van der Waals surface area (Å²) in [6, 6.07) is 0. The zero-order valence-electron chi connectivity index (χ0n) is 6.74. The number of aromatic nitrogens is 1. The number of thiazole rings is 1. The Bertz CT molecular complexity index is 284. The fourth-order valence-electron chi connectivity index (χ4n) is 0.681. The summed E-state index contributed by atoms with van der Waals surface area (Å²) < 4.78 is 0. The van der Waals surface area contributed by atoms with Gasteiger partial charge in [0.25, 0.3) is 0 Å². The summed E-state index contributed by atoms with van der Waals surface area (Å²) in [6.45, 7) is 0. The monoisotopic (exact) mass is 187 g/mol. The standard InChI is InChI=1S/C6H9N3O2S/c1-9(2)8-5-4(6(10)11)7-3-12-5/h3,8H,1-2H3,(H,10,11). The van der Waals surface area contributed by atoms with Crippen molar-refractivity contribution in [1.82, 2.24) is 9.99 Å². The molecule has 1 aromatic rings. The number of hydrazine groups is 1. The molecule has 1 heterocycles. The summed E-state index contributed by atoms with van der Waals surface area (Å²) in [7, 11) is 3.57. The van der Waals surface area contributed by atoms with Gasteiger partial charge in [0, 0.05) is 14.1 Å². The van der Waals surface area contributed by atoms with Crippen LogP contribution in [0, 0.1) is 0 Å². The molecule has 0 unspecified atom stereocenters. The van der Waals surface area contributed by atoms with Crippen LogP contribution in [0.2, 0.25) is 0 Å². The van der Waals surface area contributed by atoms with Gasteiger partial charge >= 0.3 is 5.97 Å². The highest BCUT2D eigenvalue weighted by Gasteiger charge is 2.13. The number of hydrogen-bond acceptors (Lipinski definition) is 5. The molecule has 0 aliphatic carbocycles. The van der Waals surface area contributed by atoms with E-state index < -0.39 is 5.97 Å². The summed E-state index contributed by atoms with van der Waals surface area (Å²) in [5.41, 5.74) is 4.40. The van der Waals surface area contributed by atoms with Crippen molar-refractivity contribution in [2.24, 2.45) is 0 Å². The zero-order valence-corrected chi connectivity index (χ0v) is 7.55. The first-order valence-electron chi connectivity index (χ1n) is 3.22. The first-order valence-corrected chi connectivity index (χ1v) is 4.10. The summed E-state index contributed by atoms with van der Waals surface area (Å²) >= 11 is 1.26. The Hall–Kier alpha value is -1.14. The second-order valence-corrected chi connectivity index (χ2v) is 3.20. The lowest BCUT2D eigenvalue weighted by atomic mass is 10.5. The van der Waals surface area contributed by atoms with Crippen molar-refractivity contribution in [2.75, 3.05) is 19.5 Å². The average molecular weight is 187 g/mol. The van der Waals surface area contributed by atoms with Gasteiger partial charge in [0.2, 0.25) is 0 Å². The third kappa shape index (κ3) is 1.93. The van der Waals surface area contributed by atoms with Crippen LogP contribution in [0.25, 0.3) is 0 Å². The van der Waals surface area contributed by atoms with Crippen LogP contribution in [0.4, 0.5) is 5.00 Å². The van der Waals surface area contributed by atoms with Crippen LogP contribution >= 0.6 is 11.3 Å². The predicted octanol–water partition coefficient (Wildman–Crippen LogP) is 0.730. The number of aromatic carboxylic acids is 1. The van der Waals surface area contributed by atoms with Crippen LogP contribution in [-0.2, 0) is 0 Å². The molecule has 0 fully saturated rings. The molecule has 1 rings (SSSR count). The molecule has 66 valence electrons. The van der Waals surface area contributed by atoms with E-state index in [2.05, 4.69) is 10.4 Å². The van der Waals surface area contributed by atoms with Crippen LogP contribution in [-0.4, -0.2) is 35.2 Å². The predicted molar refractivity (Wildman–Crippen MR) is 46.4 cm³/mol. The van der Waals surface area contributed by atoms with Gasteiger partial charge in [0.15, 0.2) is 5.69 Å². The third-order valence-electron chi connectivity index (χ3n) is 1.10. The molecule has 0 radical (unpaired) electrons. The van der Waals surface area contributed by atoms with Crippen LogP contribution in [0.5, 0.6) is 0 Å². The fourth-order valence-corrected chi connectivity index (χ4v) is 1.43. The lowest BCUT2D eigenvalue weighted by Crippen LogP contribution is -2.20. The lowest BCUT2D eigenvalue weighted by molar-refractivity contribution is 0.0692. The van der Waals surface area contributed by atoms with Gasteiger partial charge in [0.05, 0.1) is 5.51 Å². The Morgan fingerprint density at radius 1 is 1.75 bits per heavy atom. The number of nitrogens with zero attached hydrogens (tertiary/aromatic N) is 2. The molecule has 0 aliphatic rings. The first-order chi connectivity index (χ1) is 5.61. The number of rotatable bonds is 3. The summed E-state index contributed by atoms with van der Waals surface area (Å²) in [5.74, 6) is -1.01. The number of nitrogens with one attached hydrogen (secondary N) is 1. The number of carboxylic acids is 1. The van der Waals surface area contributed by atoms with E-state index in [0.29, 0.717) is 5.00 Å². The van der Waals surface area contributed by atoms with Crippen molar-refractivity contribution >= 4 is 22.3 Å². The van der Waals surface area contributed by atoms with Crippen molar-refractivity contribution < 1.29 is 9.90 Å². The van der Waals surface area contributed by atoms with Crippen molar-refractivity contribution in [3.8, 4) is 0 Å². The lowest BCUT2D eigenvalue weighted by Gasteiger charge is -2.10. The van der Waals surface area contributed by atoms with Crippen molar-refractivity contribution in [2.45, 2.75) is 0 Å². The van der Waals surface area contributed by atoms with Gasteiger partial charge in [-0.3, -0.25) is 0 Å². The molecule has 0 saturated carbocycles. The Kier molecular flexibility index (Phi) is 2.61. The van der Waals surface area contributed by atoms with Crippen molar-refractivity contribution in [3.05, 3.63) is 11.2 Å². The Labute approximate surface area is 73.6 Å². The molecule has 0 bridgehead atoms. The first kappa shape index (κ1) is 8.95. The topological polar surface area (TPSA) is 65.5 Å². The molecule has 0 aromatic carbocycles. The molecule has 12 heavy (non-hydrogen) atoms. The fraction of sp³-hybridized carbons (Fsp3) is 0.333. The maximum atomic E-state index is 10.6. The smallest absolute Gasteiger partial charge is 0.357 e. The van der Waals surface area contributed by atoms with E-state index in [1.54, 1.807) is 19.1 Å². The van der Waals surface area contributed by atoms with E-state index in [9.17, 15) is 4.79 Å². The molecule has 0 aliphatic heterocycles.